The van der Waals surface area contributed by atoms with E-state index in [1.807, 2.05) is 11.3 Å². The second-order valence-electron chi connectivity index (χ2n) is 5.63. The Kier molecular flexibility index (Phi) is 5.67. The lowest BCUT2D eigenvalue weighted by Crippen LogP contribution is -2.31. The van der Waals surface area contributed by atoms with Crippen LogP contribution in [0.5, 0.6) is 0 Å². The van der Waals surface area contributed by atoms with Gasteiger partial charge in [-0.3, -0.25) is 0 Å². The molecule has 1 heterocycles. The van der Waals surface area contributed by atoms with Crippen LogP contribution in [0.4, 0.5) is 0 Å². The Bertz CT molecular complexity index is 319. The van der Waals surface area contributed by atoms with Crippen LogP contribution in [0.25, 0.3) is 0 Å². The van der Waals surface area contributed by atoms with E-state index in [1.165, 1.54) is 30.6 Å². The molecular formula is C15H25NOS. The fourth-order valence-corrected chi connectivity index (χ4v) is 3.61. The van der Waals surface area contributed by atoms with Gasteiger partial charge >= 0.3 is 0 Å². The number of thiophene rings is 1. The molecule has 18 heavy (non-hydrogen) atoms. The van der Waals surface area contributed by atoms with Gasteiger partial charge in [0.05, 0.1) is 6.10 Å². The summed E-state index contributed by atoms with van der Waals surface area (Å²) in [7, 11) is 2.12. The molecule has 2 rings (SSSR count). The average molecular weight is 267 g/mol. The van der Waals surface area contributed by atoms with Gasteiger partial charge < -0.3 is 10.0 Å². The van der Waals surface area contributed by atoms with Crippen LogP contribution in [-0.4, -0.2) is 36.2 Å². The highest BCUT2D eigenvalue weighted by Gasteiger charge is 2.19. The minimum absolute atomic E-state index is 0.138. The molecule has 0 saturated heterocycles. The number of hydrogen-bond acceptors (Lipinski definition) is 3. The Morgan fingerprint density at radius 3 is 2.89 bits per heavy atom. The second kappa shape index (κ2) is 7.27. The molecule has 1 aliphatic rings. The van der Waals surface area contributed by atoms with E-state index in [-0.39, 0.29) is 6.10 Å². The first-order chi connectivity index (χ1) is 8.74. The molecule has 0 bridgehead atoms. The normalized spacial score (nSPS) is 18.6. The number of aliphatic hydroxyl groups is 1. The third-order valence-electron chi connectivity index (χ3n) is 3.92. The number of rotatable bonds is 7. The predicted octanol–water partition coefficient (Wildman–Crippen LogP) is 3.16. The van der Waals surface area contributed by atoms with Crippen molar-refractivity contribution in [2.24, 2.45) is 5.92 Å². The van der Waals surface area contributed by atoms with Gasteiger partial charge in [-0.15, -0.1) is 11.3 Å². The lowest BCUT2D eigenvalue weighted by Gasteiger charge is -2.22. The maximum absolute atomic E-state index is 10.1. The maximum atomic E-state index is 10.1. The van der Waals surface area contributed by atoms with Gasteiger partial charge in [0.15, 0.2) is 0 Å². The van der Waals surface area contributed by atoms with Crippen molar-refractivity contribution in [1.29, 1.82) is 0 Å². The van der Waals surface area contributed by atoms with Gasteiger partial charge in [0.1, 0.15) is 0 Å². The molecule has 0 aliphatic heterocycles. The molecule has 3 heteroatoms. The average Bonchev–Trinajstić information content (AvgIpc) is 2.98. The summed E-state index contributed by atoms with van der Waals surface area (Å²) in [6.45, 7) is 1.87. The maximum Gasteiger partial charge on any atom is 0.0669 e. The van der Waals surface area contributed by atoms with Crippen LogP contribution >= 0.6 is 11.3 Å². The standard InChI is InChI=1S/C15H25NOS/c1-16(9-8-15-7-4-10-18-15)12-14(17)11-13-5-2-3-6-13/h4,7,10,13-14,17H,2-3,5-6,8-9,11-12H2,1H3. The lowest BCUT2D eigenvalue weighted by atomic mass is 10.00. The molecular weight excluding hydrogens is 242 g/mol. The summed E-state index contributed by atoms with van der Waals surface area (Å²) in [5, 5.41) is 12.2. The van der Waals surface area contributed by atoms with Crippen molar-refractivity contribution in [3.05, 3.63) is 22.4 Å². The number of hydrogen-bond donors (Lipinski definition) is 1. The van der Waals surface area contributed by atoms with E-state index < -0.39 is 0 Å². The molecule has 0 spiro atoms. The SMILES string of the molecule is CN(CCc1cccs1)CC(O)CC1CCCC1. The summed E-state index contributed by atoms with van der Waals surface area (Å²) in [4.78, 5) is 3.70. The summed E-state index contributed by atoms with van der Waals surface area (Å²) in [6, 6.07) is 4.29. The van der Waals surface area contributed by atoms with Gasteiger partial charge in [0, 0.05) is 18.0 Å². The fourth-order valence-electron chi connectivity index (χ4n) is 2.91. The molecule has 0 radical (unpaired) electrons. The molecule has 0 aromatic carbocycles. The second-order valence-corrected chi connectivity index (χ2v) is 6.66. The van der Waals surface area contributed by atoms with Crippen molar-refractivity contribution in [2.45, 2.75) is 44.6 Å². The van der Waals surface area contributed by atoms with Crippen LogP contribution in [0.2, 0.25) is 0 Å². The quantitative estimate of drug-likeness (QED) is 0.820. The minimum atomic E-state index is -0.138. The van der Waals surface area contributed by atoms with Crippen LogP contribution in [0.1, 0.15) is 37.0 Å². The van der Waals surface area contributed by atoms with Crippen LogP contribution < -0.4 is 0 Å². The van der Waals surface area contributed by atoms with Crippen molar-refractivity contribution in [3.63, 3.8) is 0 Å². The fraction of sp³-hybridized carbons (Fsp3) is 0.733. The van der Waals surface area contributed by atoms with E-state index >= 15 is 0 Å². The van der Waals surface area contributed by atoms with Crippen LogP contribution in [0.15, 0.2) is 17.5 Å². The van der Waals surface area contributed by atoms with Crippen LogP contribution in [0.3, 0.4) is 0 Å². The molecule has 1 aliphatic carbocycles. The van der Waals surface area contributed by atoms with E-state index in [9.17, 15) is 5.11 Å². The monoisotopic (exact) mass is 267 g/mol. The van der Waals surface area contributed by atoms with Crippen molar-refractivity contribution in [2.75, 3.05) is 20.1 Å². The largest absolute Gasteiger partial charge is 0.392 e. The number of aliphatic hydroxyl groups excluding tert-OH is 1. The Morgan fingerprint density at radius 1 is 1.44 bits per heavy atom. The van der Waals surface area contributed by atoms with E-state index in [0.29, 0.717) is 0 Å². The number of likely N-dealkylation sites (N-methyl/N-ethyl adjacent to an activating group) is 1. The third kappa shape index (κ3) is 4.71. The Hall–Kier alpha value is -0.380. The molecule has 2 nitrogen and oxygen atoms in total. The predicted molar refractivity (Wildman–Crippen MR) is 78.1 cm³/mol. The summed E-state index contributed by atoms with van der Waals surface area (Å²) in [6.07, 6.45) is 7.36. The van der Waals surface area contributed by atoms with Gasteiger partial charge in [-0.1, -0.05) is 31.7 Å². The molecule has 1 saturated carbocycles. The summed E-state index contributed by atoms with van der Waals surface area (Å²) >= 11 is 1.82. The molecule has 1 aromatic heterocycles. The van der Waals surface area contributed by atoms with Crippen molar-refractivity contribution < 1.29 is 5.11 Å². The first kappa shape index (κ1) is 14.0. The zero-order valence-corrected chi connectivity index (χ0v) is 12.2. The molecule has 102 valence electrons. The highest BCUT2D eigenvalue weighted by Crippen LogP contribution is 2.28. The Labute approximate surface area is 115 Å². The minimum Gasteiger partial charge on any atom is -0.392 e. The molecule has 0 amide bonds. The molecule has 1 fully saturated rings. The summed E-state index contributed by atoms with van der Waals surface area (Å²) < 4.78 is 0. The van der Waals surface area contributed by atoms with Crippen LogP contribution in [-0.2, 0) is 6.42 Å². The van der Waals surface area contributed by atoms with Crippen molar-refractivity contribution >= 4 is 11.3 Å². The zero-order chi connectivity index (χ0) is 12.8. The van der Waals surface area contributed by atoms with E-state index in [2.05, 4.69) is 29.5 Å². The first-order valence-electron chi connectivity index (χ1n) is 7.13. The van der Waals surface area contributed by atoms with Gasteiger partial charge in [-0.2, -0.15) is 0 Å². The van der Waals surface area contributed by atoms with Gasteiger partial charge in [-0.25, -0.2) is 0 Å². The summed E-state index contributed by atoms with van der Waals surface area (Å²) in [5.41, 5.74) is 0. The van der Waals surface area contributed by atoms with E-state index in [0.717, 1.165) is 31.8 Å². The zero-order valence-electron chi connectivity index (χ0n) is 11.3. The number of nitrogens with zero attached hydrogens (tertiary/aromatic N) is 1. The Morgan fingerprint density at radius 2 is 2.22 bits per heavy atom. The first-order valence-corrected chi connectivity index (χ1v) is 8.01. The Balaban J connectivity index is 1.61. The highest BCUT2D eigenvalue weighted by atomic mass is 32.1. The third-order valence-corrected chi connectivity index (χ3v) is 4.86. The summed E-state index contributed by atoms with van der Waals surface area (Å²) in [5.74, 6) is 0.783. The van der Waals surface area contributed by atoms with E-state index in [4.69, 9.17) is 0 Å². The highest BCUT2D eigenvalue weighted by molar-refractivity contribution is 7.09. The molecule has 1 atom stereocenters. The molecule has 1 N–H and O–H groups in total. The molecule has 1 unspecified atom stereocenters. The van der Waals surface area contributed by atoms with Crippen molar-refractivity contribution in [3.8, 4) is 0 Å². The van der Waals surface area contributed by atoms with Crippen LogP contribution in [0, 0.1) is 5.92 Å². The topological polar surface area (TPSA) is 23.5 Å². The van der Waals surface area contributed by atoms with Gasteiger partial charge in [0.25, 0.3) is 0 Å². The lowest BCUT2D eigenvalue weighted by molar-refractivity contribution is 0.102. The smallest absolute Gasteiger partial charge is 0.0669 e. The van der Waals surface area contributed by atoms with Gasteiger partial charge in [0.2, 0.25) is 0 Å². The molecule has 1 aromatic rings. The van der Waals surface area contributed by atoms with Gasteiger partial charge in [-0.05, 0) is 37.3 Å². The van der Waals surface area contributed by atoms with Crippen molar-refractivity contribution in [1.82, 2.24) is 4.90 Å². The van der Waals surface area contributed by atoms with E-state index in [1.54, 1.807) is 0 Å².